The summed E-state index contributed by atoms with van der Waals surface area (Å²) in [5, 5.41) is 0.644. The number of benzene rings is 1. The second-order valence-electron chi connectivity index (χ2n) is 3.32. The summed E-state index contributed by atoms with van der Waals surface area (Å²) in [6, 6.07) is 8.90. The van der Waals surface area contributed by atoms with Gasteiger partial charge >= 0.3 is 0 Å². The second kappa shape index (κ2) is 4.92. The Kier molecular flexibility index (Phi) is 3.74. The quantitative estimate of drug-likeness (QED) is 0.851. The highest BCUT2D eigenvalue weighted by Crippen LogP contribution is 2.28. The molecule has 0 aliphatic heterocycles. The van der Waals surface area contributed by atoms with Gasteiger partial charge in [-0.05, 0) is 51.8 Å². The average molecular weight is 365 g/mol. The third-order valence-electron chi connectivity index (χ3n) is 2.14. The van der Waals surface area contributed by atoms with Crippen LogP contribution >= 0.6 is 43.5 Å². The first-order valence-corrected chi connectivity index (χ1v) is 6.49. The van der Waals surface area contributed by atoms with Crippen molar-refractivity contribution in [3.8, 4) is 0 Å². The van der Waals surface area contributed by atoms with Crippen molar-refractivity contribution >= 4 is 43.5 Å². The normalized spacial score (nSPS) is 12.8. The third kappa shape index (κ3) is 2.69. The molecule has 16 heavy (non-hydrogen) atoms. The van der Waals surface area contributed by atoms with Gasteiger partial charge in [-0.2, -0.15) is 0 Å². The molecule has 1 aromatic carbocycles. The van der Waals surface area contributed by atoms with Gasteiger partial charge in [-0.25, -0.2) is 0 Å². The highest BCUT2D eigenvalue weighted by molar-refractivity contribution is 9.10. The van der Waals surface area contributed by atoms with E-state index in [9.17, 15) is 0 Å². The summed E-state index contributed by atoms with van der Waals surface area (Å²) in [6.45, 7) is 0. The fourth-order valence-electron chi connectivity index (χ4n) is 1.41. The van der Waals surface area contributed by atoms with Crippen LogP contribution in [0.25, 0.3) is 0 Å². The maximum absolute atomic E-state index is 6.07. The molecule has 2 aromatic rings. The van der Waals surface area contributed by atoms with Gasteiger partial charge in [0, 0.05) is 9.50 Å². The van der Waals surface area contributed by atoms with E-state index in [0.29, 0.717) is 15.5 Å². The number of hydrogen-bond donors (Lipinski definition) is 1. The van der Waals surface area contributed by atoms with Crippen molar-refractivity contribution in [3.05, 3.63) is 55.8 Å². The van der Waals surface area contributed by atoms with Crippen molar-refractivity contribution in [3.63, 3.8) is 0 Å². The Morgan fingerprint density at radius 2 is 1.94 bits per heavy atom. The van der Waals surface area contributed by atoms with E-state index in [-0.39, 0.29) is 6.04 Å². The van der Waals surface area contributed by atoms with E-state index < -0.39 is 0 Å². The first-order chi connectivity index (χ1) is 7.56. The number of rotatable bonds is 2. The lowest BCUT2D eigenvalue weighted by Gasteiger charge is -2.10. The zero-order valence-electron chi connectivity index (χ0n) is 8.08. The van der Waals surface area contributed by atoms with Crippen LogP contribution in [0, 0.1) is 0 Å². The van der Waals surface area contributed by atoms with Crippen molar-refractivity contribution < 1.29 is 4.42 Å². The molecule has 5 heteroatoms. The number of nitrogens with two attached hydrogens (primary N) is 1. The van der Waals surface area contributed by atoms with Crippen molar-refractivity contribution in [2.75, 3.05) is 0 Å². The smallest absolute Gasteiger partial charge is 0.169 e. The minimum absolute atomic E-state index is 0.318. The molecule has 0 amide bonds. The molecule has 0 aliphatic carbocycles. The summed E-state index contributed by atoms with van der Waals surface area (Å²) in [4.78, 5) is 0. The third-order valence-corrected chi connectivity index (χ3v) is 3.25. The minimum Gasteiger partial charge on any atom is -0.452 e. The largest absolute Gasteiger partial charge is 0.452 e. The monoisotopic (exact) mass is 363 g/mol. The van der Waals surface area contributed by atoms with Gasteiger partial charge in [0.1, 0.15) is 5.76 Å². The summed E-state index contributed by atoms with van der Waals surface area (Å²) >= 11 is 12.6. The Bertz CT molecular complexity index is 492. The van der Waals surface area contributed by atoms with E-state index in [0.717, 1.165) is 10.0 Å². The highest BCUT2D eigenvalue weighted by Gasteiger charge is 2.13. The fraction of sp³-hybridized carbons (Fsp3) is 0.0909. The zero-order valence-corrected chi connectivity index (χ0v) is 12.0. The van der Waals surface area contributed by atoms with Crippen LogP contribution in [0.4, 0.5) is 0 Å². The second-order valence-corrected chi connectivity index (χ2v) is 5.46. The molecule has 0 fully saturated rings. The molecule has 2 rings (SSSR count). The fourth-order valence-corrected chi connectivity index (χ4v) is 2.62. The predicted octanol–water partition coefficient (Wildman–Crippen LogP) is 4.51. The van der Waals surface area contributed by atoms with Crippen LogP contribution in [0.5, 0.6) is 0 Å². The first-order valence-electron chi connectivity index (χ1n) is 4.53. The lowest BCUT2D eigenvalue weighted by atomic mass is 10.1. The van der Waals surface area contributed by atoms with Gasteiger partial charge in [0.15, 0.2) is 4.67 Å². The Balaban J connectivity index is 2.37. The van der Waals surface area contributed by atoms with Crippen LogP contribution < -0.4 is 5.73 Å². The van der Waals surface area contributed by atoms with Gasteiger partial charge in [0.2, 0.25) is 0 Å². The Morgan fingerprint density at radius 1 is 1.19 bits per heavy atom. The van der Waals surface area contributed by atoms with Gasteiger partial charge in [0.25, 0.3) is 0 Å². The molecule has 0 saturated carbocycles. The molecule has 2 N–H and O–H groups in total. The molecule has 1 heterocycles. The Hall–Kier alpha value is -0.290. The standard InChI is InChI=1S/C11H8Br2ClNO/c12-7-3-6(4-8(14)5-7)11(15)9-1-2-10(13)16-9/h1-5,11H,15H2. The van der Waals surface area contributed by atoms with Gasteiger partial charge in [-0.15, -0.1) is 0 Å². The van der Waals surface area contributed by atoms with E-state index >= 15 is 0 Å². The first kappa shape index (κ1) is 12.2. The maximum Gasteiger partial charge on any atom is 0.169 e. The van der Waals surface area contributed by atoms with Crippen LogP contribution in [-0.2, 0) is 0 Å². The van der Waals surface area contributed by atoms with Gasteiger partial charge in [0.05, 0.1) is 6.04 Å². The Labute approximate surface area is 115 Å². The molecule has 0 aliphatic rings. The predicted molar refractivity (Wildman–Crippen MR) is 71.6 cm³/mol. The van der Waals surface area contributed by atoms with Crippen molar-refractivity contribution in [1.29, 1.82) is 0 Å². The number of furan rings is 1. The van der Waals surface area contributed by atoms with Gasteiger partial charge < -0.3 is 10.2 Å². The highest BCUT2D eigenvalue weighted by atomic mass is 79.9. The molecule has 0 saturated heterocycles. The maximum atomic E-state index is 6.07. The van der Waals surface area contributed by atoms with Crippen LogP contribution in [0.3, 0.4) is 0 Å². The van der Waals surface area contributed by atoms with Crippen molar-refractivity contribution in [2.45, 2.75) is 6.04 Å². The topological polar surface area (TPSA) is 39.2 Å². The molecule has 0 bridgehead atoms. The number of hydrogen-bond acceptors (Lipinski definition) is 2. The van der Waals surface area contributed by atoms with E-state index in [1.165, 1.54) is 0 Å². The SMILES string of the molecule is NC(c1cc(Cl)cc(Br)c1)c1ccc(Br)o1. The molecule has 1 unspecified atom stereocenters. The molecule has 1 aromatic heterocycles. The van der Waals surface area contributed by atoms with Crippen molar-refractivity contribution in [2.24, 2.45) is 5.73 Å². The van der Waals surface area contributed by atoms with Gasteiger partial charge in [-0.3, -0.25) is 0 Å². The lowest BCUT2D eigenvalue weighted by Crippen LogP contribution is -2.10. The molecular formula is C11H8Br2ClNO. The molecule has 84 valence electrons. The molecule has 0 spiro atoms. The zero-order chi connectivity index (χ0) is 11.7. The van der Waals surface area contributed by atoms with Crippen molar-refractivity contribution in [1.82, 2.24) is 0 Å². The summed E-state index contributed by atoms with van der Waals surface area (Å²) in [6.07, 6.45) is 0. The van der Waals surface area contributed by atoms with Gasteiger partial charge in [-0.1, -0.05) is 27.5 Å². The van der Waals surface area contributed by atoms with E-state index in [4.69, 9.17) is 21.8 Å². The summed E-state index contributed by atoms with van der Waals surface area (Å²) in [5.41, 5.74) is 6.98. The summed E-state index contributed by atoms with van der Waals surface area (Å²) in [7, 11) is 0. The van der Waals surface area contributed by atoms with Crippen LogP contribution in [0.1, 0.15) is 17.4 Å². The molecule has 0 radical (unpaired) electrons. The van der Waals surface area contributed by atoms with Crippen LogP contribution in [0.15, 0.2) is 43.9 Å². The Morgan fingerprint density at radius 3 is 2.50 bits per heavy atom. The molecule has 2 nitrogen and oxygen atoms in total. The average Bonchev–Trinajstić information content (AvgIpc) is 2.62. The lowest BCUT2D eigenvalue weighted by molar-refractivity contribution is 0.470. The minimum atomic E-state index is -0.318. The number of halogens is 3. The molecule has 1 atom stereocenters. The van der Waals surface area contributed by atoms with E-state index in [2.05, 4.69) is 31.9 Å². The summed E-state index contributed by atoms with van der Waals surface area (Å²) in [5.74, 6) is 0.695. The van der Waals surface area contributed by atoms with Crippen LogP contribution in [0.2, 0.25) is 5.02 Å². The summed E-state index contributed by atoms with van der Waals surface area (Å²) < 4.78 is 6.98. The molecular weight excluding hydrogens is 357 g/mol. The van der Waals surface area contributed by atoms with Crippen LogP contribution in [-0.4, -0.2) is 0 Å². The van der Waals surface area contributed by atoms with E-state index in [1.54, 1.807) is 0 Å². The van der Waals surface area contributed by atoms with E-state index in [1.807, 2.05) is 30.3 Å².